The Balaban J connectivity index is 1.79. The van der Waals surface area contributed by atoms with Crippen molar-refractivity contribution in [3.63, 3.8) is 0 Å². The van der Waals surface area contributed by atoms with Crippen molar-refractivity contribution >= 4 is 23.3 Å². The predicted octanol–water partition coefficient (Wildman–Crippen LogP) is 6.87. The van der Waals surface area contributed by atoms with Gasteiger partial charge < -0.3 is 14.6 Å². The number of hydrogen-bond acceptors (Lipinski definition) is 2. The second-order valence-electron chi connectivity index (χ2n) is 8.02. The number of fused-ring (bicyclic) bond motifs is 1. The highest BCUT2D eigenvalue weighted by atomic mass is 35.5. The van der Waals surface area contributed by atoms with E-state index in [4.69, 9.17) is 11.6 Å². The van der Waals surface area contributed by atoms with Crippen molar-refractivity contribution in [2.24, 2.45) is 0 Å². The number of alkyl halides is 3. The zero-order chi connectivity index (χ0) is 24.2. The van der Waals surface area contributed by atoms with E-state index in [2.05, 4.69) is 10.3 Å². The van der Waals surface area contributed by atoms with E-state index < -0.39 is 18.6 Å². The van der Waals surface area contributed by atoms with Gasteiger partial charge in [-0.3, -0.25) is 0 Å². The van der Waals surface area contributed by atoms with E-state index in [-0.39, 0.29) is 18.5 Å². The number of carbonyl (C=O) groups is 1. The molecule has 1 N–H and O–H groups in total. The largest absolute Gasteiger partial charge is 0.389 e. The van der Waals surface area contributed by atoms with E-state index in [1.54, 1.807) is 24.1 Å². The van der Waals surface area contributed by atoms with Crippen LogP contribution in [0.1, 0.15) is 51.6 Å². The van der Waals surface area contributed by atoms with Gasteiger partial charge in [-0.05, 0) is 43.9 Å². The molecule has 33 heavy (non-hydrogen) atoms. The van der Waals surface area contributed by atoms with E-state index in [1.807, 2.05) is 54.9 Å². The molecule has 2 amide bonds. The molecule has 0 aliphatic rings. The number of imidazole rings is 1. The topological polar surface area (TPSA) is 49.6 Å². The van der Waals surface area contributed by atoms with Gasteiger partial charge in [-0.15, -0.1) is 0 Å². The number of aromatic nitrogens is 2. The zero-order valence-electron chi connectivity index (χ0n) is 18.9. The van der Waals surface area contributed by atoms with Gasteiger partial charge in [-0.25, -0.2) is 9.78 Å². The van der Waals surface area contributed by atoms with Crippen LogP contribution in [0.5, 0.6) is 0 Å². The lowest BCUT2D eigenvalue weighted by Crippen LogP contribution is -2.45. The van der Waals surface area contributed by atoms with Gasteiger partial charge in [0.15, 0.2) is 0 Å². The first-order valence-electron chi connectivity index (χ1n) is 11.0. The Labute approximate surface area is 196 Å². The number of rotatable bonds is 8. The third kappa shape index (κ3) is 6.19. The number of halogens is 4. The molecule has 0 aliphatic heterocycles. The van der Waals surface area contributed by atoms with Gasteiger partial charge in [-0.1, -0.05) is 36.7 Å². The lowest BCUT2D eigenvalue weighted by molar-refractivity contribution is -0.136. The first-order chi connectivity index (χ1) is 15.6. The number of urea groups is 1. The summed E-state index contributed by atoms with van der Waals surface area (Å²) in [5.74, 6) is 0. The minimum absolute atomic E-state index is 0.137. The standard InChI is InChI=1S/C24H28ClF3N4O/c1-4-19(9-10-24(26,27)28)30-23(33)32(5-2)16(3)17-7-6-8-18(13-17)20-15-31-12-11-29-22(31)14-21(20)25/h6-8,11-16,19H,4-5,9-10H2,1-3H3,(H,30,33). The Bertz CT molecular complexity index is 1100. The van der Waals surface area contributed by atoms with E-state index in [9.17, 15) is 18.0 Å². The molecule has 0 spiro atoms. The smallest absolute Gasteiger partial charge is 0.335 e. The van der Waals surface area contributed by atoms with E-state index in [0.29, 0.717) is 18.0 Å². The van der Waals surface area contributed by atoms with Crippen LogP contribution in [0.2, 0.25) is 5.02 Å². The number of amides is 2. The molecule has 0 aliphatic carbocycles. The predicted molar refractivity (Wildman–Crippen MR) is 124 cm³/mol. The Morgan fingerprint density at radius 3 is 2.70 bits per heavy atom. The zero-order valence-corrected chi connectivity index (χ0v) is 19.6. The molecule has 2 unspecified atom stereocenters. The molecule has 2 aromatic heterocycles. The quantitative estimate of drug-likeness (QED) is 0.382. The highest BCUT2D eigenvalue weighted by molar-refractivity contribution is 6.33. The second kappa shape index (κ2) is 10.5. The molecule has 3 aromatic rings. The lowest BCUT2D eigenvalue weighted by atomic mass is 10.00. The molecule has 2 atom stereocenters. The minimum Gasteiger partial charge on any atom is -0.335 e. The van der Waals surface area contributed by atoms with Crippen molar-refractivity contribution in [3.8, 4) is 11.1 Å². The highest BCUT2D eigenvalue weighted by Gasteiger charge is 2.29. The third-order valence-corrected chi connectivity index (χ3v) is 6.14. The molecule has 0 fully saturated rings. The summed E-state index contributed by atoms with van der Waals surface area (Å²) in [5.41, 5.74) is 3.38. The Morgan fingerprint density at radius 1 is 1.27 bits per heavy atom. The van der Waals surface area contributed by atoms with Gasteiger partial charge in [0.25, 0.3) is 0 Å². The van der Waals surface area contributed by atoms with Crippen molar-refractivity contribution in [3.05, 3.63) is 59.5 Å². The SMILES string of the molecule is CCC(CCC(F)(F)F)NC(=O)N(CC)C(C)c1cccc(-c2cn3ccnc3cc2Cl)c1. The number of nitrogens with one attached hydrogen (secondary N) is 1. The minimum atomic E-state index is -4.24. The number of hydrogen-bond donors (Lipinski definition) is 1. The van der Waals surface area contributed by atoms with Gasteiger partial charge in [0, 0.05) is 49.2 Å². The van der Waals surface area contributed by atoms with Crippen LogP contribution in [0.4, 0.5) is 18.0 Å². The van der Waals surface area contributed by atoms with Crippen molar-refractivity contribution in [2.45, 2.75) is 58.3 Å². The molecule has 0 bridgehead atoms. The average molecular weight is 481 g/mol. The molecule has 0 radical (unpaired) electrons. The van der Waals surface area contributed by atoms with E-state index >= 15 is 0 Å². The monoisotopic (exact) mass is 480 g/mol. The summed E-state index contributed by atoms with van der Waals surface area (Å²) < 4.78 is 39.7. The summed E-state index contributed by atoms with van der Waals surface area (Å²) in [5, 5.41) is 3.34. The lowest BCUT2D eigenvalue weighted by Gasteiger charge is -2.31. The molecule has 0 saturated heterocycles. The maximum Gasteiger partial charge on any atom is 0.389 e. The van der Waals surface area contributed by atoms with Gasteiger partial charge in [0.05, 0.1) is 11.1 Å². The number of carbonyl (C=O) groups excluding carboxylic acids is 1. The summed E-state index contributed by atoms with van der Waals surface area (Å²) in [4.78, 5) is 18.8. The summed E-state index contributed by atoms with van der Waals surface area (Å²) in [6.07, 6.45) is 0.582. The first kappa shape index (κ1) is 24.9. The fourth-order valence-electron chi connectivity index (χ4n) is 3.86. The van der Waals surface area contributed by atoms with Gasteiger partial charge in [0.2, 0.25) is 0 Å². The van der Waals surface area contributed by atoms with Crippen LogP contribution in [-0.2, 0) is 0 Å². The fourth-order valence-corrected chi connectivity index (χ4v) is 4.12. The summed E-state index contributed by atoms with van der Waals surface area (Å²) in [6.45, 7) is 5.93. The van der Waals surface area contributed by atoms with Gasteiger partial charge >= 0.3 is 12.2 Å². The third-order valence-electron chi connectivity index (χ3n) is 5.83. The second-order valence-corrected chi connectivity index (χ2v) is 8.43. The number of nitrogens with zero attached hydrogens (tertiary/aromatic N) is 3. The molecular formula is C24H28ClF3N4O. The van der Waals surface area contributed by atoms with Gasteiger partial charge in [0.1, 0.15) is 5.65 Å². The highest BCUT2D eigenvalue weighted by Crippen LogP contribution is 2.32. The fraction of sp³-hybridized carbons (Fsp3) is 0.417. The maximum absolute atomic E-state index is 12.9. The molecular weight excluding hydrogens is 453 g/mol. The van der Waals surface area contributed by atoms with E-state index in [0.717, 1.165) is 22.3 Å². The van der Waals surface area contributed by atoms with Crippen LogP contribution < -0.4 is 5.32 Å². The maximum atomic E-state index is 12.9. The molecule has 0 saturated carbocycles. The summed E-state index contributed by atoms with van der Waals surface area (Å²) in [7, 11) is 0. The van der Waals surface area contributed by atoms with Crippen LogP contribution in [0.15, 0.2) is 48.9 Å². The van der Waals surface area contributed by atoms with E-state index in [1.165, 1.54) is 0 Å². The summed E-state index contributed by atoms with van der Waals surface area (Å²) in [6, 6.07) is 8.35. The van der Waals surface area contributed by atoms with Crippen LogP contribution in [-0.4, -0.2) is 39.1 Å². The summed E-state index contributed by atoms with van der Waals surface area (Å²) >= 11 is 6.49. The Morgan fingerprint density at radius 2 is 2.03 bits per heavy atom. The van der Waals surface area contributed by atoms with Gasteiger partial charge in [-0.2, -0.15) is 13.2 Å². The van der Waals surface area contributed by atoms with Crippen molar-refractivity contribution < 1.29 is 18.0 Å². The molecule has 5 nitrogen and oxygen atoms in total. The normalized spacial score (nSPS) is 13.7. The van der Waals surface area contributed by atoms with Crippen LogP contribution >= 0.6 is 11.6 Å². The molecule has 178 valence electrons. The van der Waals surface area contributed by atoms with Crippen molar-refractivity contribution in [1.82, 2.24) is 19.6 Å². The molecule has 9 heteroatoms. The Hall–Kier alpha value is -2.74. The van der Waals surface area contributed by atoms with Crippen molar-refractivity contribution in [2.75, 3.05) is 6.54 Å². The Kier molecular flexibility index (Phi) is 7.89. The first-order valence-corrected chi connectivity index (χ1v) is 11.4. The molecule has 2 heterocycles. The van der Waals surface area contributed by atoms with Crippen LogP contribution in [0, 0.1) is 0 Å². The van der Waals surface area contributed by atoms with Crippen LogP contribution in [0.25, 0.3) is 16.8 Å². The van der Waals surface area contributed by atoms with Crippen LogP contribution in [0.3, 0.4) is 0 Å². The van der Waals surface area contributed by atoms with Crippen molar-refractivity contribution in [1.29, 1.82) is 0 Å². The number of pyridine rings is 1. The average Bonchev–Trinajstić information content (AvgIpc) is 3.23. The molecule has 3 rings (SSSR count). The molecule has 1 aromatic carbocycles. The number of benzene rings is 1.